The number of carbonyl (C=O) groups is 1. The summed E-state index contributed by atoms with van der Waals surface area (Å²) < 4.78 is 21.1. The van der Waals surface area contributed by atoms with E-state index >= 15 is 0 Å². The summed E-state index contributed by atoms with van der Waals surface area (Å²) in [5.74, 6) is 0.488. The van der Waals surface area contributed by atoms with E-state index in [1.807, 2.05) is 25.3 Å². The molecule has 0 radical (unpaired) electrons. The van der Waals surface area contributed by atoms with E-state index in [1.165, 1.54) is 17.7 Å². The van der Waals surface area contributed by atoms with Crippen molar-refractivity contribution in [3.8, 4) is 5.75 Å². The fraction of sp³-hybridized carbons (Fsp3) is 0.120. The Morgan fingerprint density at radius 2 is 1.66 bits per heavy atom. The lowest BCUT2D eigenvalue weighted by Crippen LogP contribution is -2.13. The Hall–Kier alpha value is -3.45. The van der Waals surface area contributed by atoms with Crippen LogP contribution in [0.25, 0.3) is 0 Å². The van der Waals surface area contributed by atoms with Crippen molar-refractivity contribution in [3.05, 3.63) is 112 Å². The van der Waals surface area contributed by atoms with Crippen LogP contribution in [0, 0.1) is 12.7 Å². The second kappa shape index (κ2) is 9.78. The molecule has 5 nitrogen and oxygen atoms in total. The lowest BCUT2D eigenvalue weighted by Gasteiger charge is -2.07. The number of aromatic nitrogens is 2. The zero-order valence-corrected chi connectivity index (χ0v) is 19.0. The highest BCUT2D eigenvalue weighted by Crippen LogP contribution is 2.22. The first-order chi connectivity index (χ1) is 15.5. The molecular weight excluding hydrogens is 473 g/mol. The summed E-state index contributed by atoms with van der Waals surface area (Å²) in [4.78, 5) is 12.6. The SMILES string of the molecule is Cc1ccc(Cn2cc(Br)c(NC(=O)c3ccc(COc4ccc(F)cc4)cc3)n2)cc1. The van der Waals surface area contributed by atoms with Crippen molar-refractivity contribution in [2.45, 2.75) is 20.1 Å². The number of ether oxygens (including phenoxy) is 1. The van der Waals surface area contributed by atoms with Crippen LogP contribution in [0.3, 0.4) is 0 Å². The molecule has 0 atom stereocenters. The van der Waals surface area contributed by atoms with Gasteiger partial charge in [0.05, 0.1) is 11.0 Å². The van der Waals surface area contributed by atoms with E-state index < -0.39 is 0 Å². The van der Waals surface area contributed by atoms with Crippen LogP contribution in [-0.2, 0) is 13.2 Å². The molecule has 0 aliphatic carbocycles. The molecule has 3 aromatic carbocycles. The lowest BCUT2D eigenvalue weighted by atomic mass is 10.1. The van der Waals surface area contributed by atoms with Gasteiger partial charge in [0, 0.05) is 11.8 Å². The molecule has 0 aliphatic heterocycles. The quantitative estimate of drug-likeness (QED) is 0.344. The lowest BCUT2D eigenvalue weighted by molar-refractivity contribution is 0.102. The van der Waals surface area contributed by atoms with Gasteiger partial charge >= 0.3 is 0 Å². The molecule has 0 fully saturated rings. The molecule has 0 bridgehead atoms. The Morgan fingerprint density at radius 3 is 2.34 bits per heavy atom. The van der Waals surface area contributed by atoms with Crippen molar-refractivity contribution in [3.63, 3.8) is 0 Å². The minimum atomic E-state index is -0.306. The molecule has 1 N–H and O–H groups in total. The number of amides is 1. The van der Waals surface area contributed by atoms with Gasteiger partial charge in [0.15, 0.2) is 5.82 Å². The van der Waals surface area contributed by atoms with E-state index in [2.05, 4.69) is 50.6 Å². The van der Waals surface area contributed by atoms with E-state index in [9.17, 15) is 9.18 Å². The third-order valence-electron chi connectivity index (χ3n) is 4.85. The van der Waals surface area contributed by atoms with Gasteiger partial charge < -0.3 is 10.1 Å². The highest BCUT2D eigenvalue weighted by molar-refractivity contribution is 9.10. The van der Waals surface area contributed by atoms with Crippen LogP contribution in [0.4, 0.5) is 10.2 Å². The number of anilines is 1. The first-order valence-corrected chi connectivity index (χ1v) is 10.8. The average molecular weight is 494 g/mol. The van der Waals surface area contributed by atoms with Crippen LogP contribution in [0.15, 0.2) is 83.5 Å². The molecule has 1 heterocycles. The number of hydrogen-bond acceptors (Lipinski definition) is 3. The normalized spacial score (nSPS) is 10.7. The molecule has 4 aromatic rings. The summed E-state index contributed by atoms with van der Waals surface area (Å²) in [6, 6.07) is 21.2. The molecule has 1 aromatic heterocycles. The Morgan fingerprint density at radius 1 is 1.00 bits per heavy atom. The van der Waals surface area contributed by atoms with Crippen molar-refractivity contribution in [2.75, 3.05) is 5.32 Å². The molecule has 0 saturated carbocycles. The molecule has 162 valence electrons. The number of benzene rings is 3. The summed E-state index contributed by atoms with van der Waals surface area (Å²) in [5, 5.41) is 7.31. The summed E-state index contributed by atoms with van der Waals surface area (Å²) >= 11 is 3.46. The standard InChI is InChI=1S/C25H21BrFN3O2/c1-17-2-4-18(5-3-17)14-30-15-23(26)24(29-30)28-25(31)20-8-6-19(7-9-20)16-32-22-12-10-21(27)11-13-22/h2-13,15H,14,16H2,1H3,(H,28,29,31). The van der Waals surface area contributed by atoms with Crippen molar-refractivity contribution in [1.82, 2.24) is 9.78 Å². The Labute approximate surface area is 194 Å². The fourth-order valence-electron chi connectivity index (χ4n) is 3.07. The molecule has 0 unspecified atom stereocenters. The summed E-state index contributed by atoms with van der Waals surface area (Å²) in [7, 11) is 0. The van der Waals surface area contributed by atoms with Crippen LogP contribution in [0.5, 0.6) is 5.75 Å². The largest absolute Gasteiger partial charge is 0.489 e. The predicted molar refractivity (Wildman–Crippen MR) is 125 cm³/mol. The van der Waals surface area contributed by atoms with Gasteiger partial charge in [0.25, 0.3) is 5.91 Å². The van der Waals surface area contributed by atoms with Crippen LogP contribution in [0.2, 0.25) is 0 Å². The average Bonchev–Trinajstić information content (AvgIpc) is 3.13. The highest BCUT2D eigenvalue weighted by Gasteiger charge is 2.12. The number of nitrogens with one attached hydrogen (secondary N) is 1. The van der Waals surface area contributed by atoms with E-state index in [4.69, 9.17) is 4.74 Å². The molecular formula is C25H21BrFN3O2. The van der Waals surface area contributed by atoms with E-state index in [0.29, 0.717) is 34.8 Å². The minimum absolute atomic E-state index is 0.253. The number of aryl methyl sites for hydroxylation is 1. The van der Waals surface area contributed by atoms with E-state index in [0.717, 1.165) is 11.1 Å². The van der Waals surface area contributed by atoms with Gasteiger partial charge in [-0.05, 0) is 70.4 Å². The molecule has 0 saturated heterocycles. The maximum Gasteiger partial charge on any atom is 0.256 e. The third kappa shape index (κ3) is 5.62. The summed E-state index contributed by atoms with van der Waals surface area (Å²) in [6.07, 6.45) is 1.84. The van der Waals surface area contributed by atoms with Gasteiger partial charge in [-0.2, -0.15) is 5.10 Å². The van der Waals surface area contributed by atoms with Gasteiger partial charge in [-0.15, -0.1) is 0 Å². The minimum Gasteiger partial charge on any atom is -0.489 e. The van der Waals surface area contributed by atoms with Gasteiger partial charge in [-0.3, -0.25) is 9.48 Å². The zero-order chi connectivity index (χ0) is 22.5. The highest BCUT2D eigenvalue weighted by atomic mass is 79.9. The van der Waals surface area contributed by atoms with Crippen LogP contribution in [0.1, 0.15) is 27.0 Å². The number of carbonyl (C=O) groups excluding carboxylic acids is 1. The third-order valence-corrected chi connectivity index (χ3v) is 5.43. The summed E-state index contributed by atoms with van der Waals surface area (Å²) in [5.41, 5.74) is 3.74. The van der Waals surface area contributed by atoms with Crippen molar-refractivity contribution in [2.24, 2.45) is 0 Å². The molecule has 32 heavy (non-hydrogen) atoms. The second-order valence-corrected chi connectivity index (χ2v) is 8.26. The fourth-order valence-corrected chi connectivity index (χ4v) is 3.49. The van der Waals surface area contributed by atoms with Gasteiger partial charge in [-0.25, -0.2) is 4.39 Å². The van der Waals surface area contributed by atoms with Crippen LogP contribution in [-0.4, -0.2) is 15.7 Å². The zero-order valence-electron chi connectivity index (χ0n) is 17.4. The predicted octanol–water partition coefficient (Wildman–Crippen LogP) is 5.97. The van der Waals surface area contributed by atoms with Gasteiger partial charge in [-0.1, -0.05) is 42.0 Å². The first-order valence-electron chi connectivity index (χ1n) is 10.0. The number of halogens is 2. The first kappa shape index (κ1) is 21.8. The molecule has 0 aliphatic rings. The molecule has 4 rings (SSSR count). The van der Waals surface area contributed by atoms with Crippen LogP contribution >= 0.6 is 15.9 Å². The summed E-state index contributed by atoms with van der Waals surface area (Å²) in [6.45, 7) is 2.98. The number of hydrogen-bond donors (Lipinski definition) is 1. The van der Waals surface area contributed by atoms with E-state index in [1.54, 1.807) is 28.9 Å². The topological polar surface area (TPSA) is 56.2 Å². The maximum absolute atomic E-state index is 13.0. The van der Waals surface area contributed by atoms with Gasteiger partial charge in [0.2, 0.25) is 0 Å². The smallest absolute Gasteiger partial charge is 0.256 e. The van der Waals surface area contributed by atoms with Crippen LogP contribution < -0.4 is 10.1 Å². The Balaban J connectivity index is 1.35. The van der Waals surface area contributed by atoms with Crippen molar-refractivity contribution < 1.29 is 13.9 Å². The molecule has 7 heteroatoms. The maximum atomic E-state index is 13.0. The Bertz CT molecular complexity index is 1200. The number of nitrogens with zero attached hydrogens (tertiary/aromatic N) is 2. The monoisotopic (exact) mass is 493 g/mol. The molecule has 1 amide bonds. The van der Waals surface area contributed by atoms with Crippen molar-refractivity contribution >= 4 is 27.7 Å². The molecule has 0 spiro atoms. The van der Waals surface area contributed by atoms with E-state index in [-0.39, 0.29) is 11.7 Å². The van der Waals surface area contributed by atoms with Crippen molar-refractivity contribution in [1.29, 1.82) is 0 Å². The Kier molecular flexibility index (Phi) is 6.66. The van der Waals surface area contributed by atoms with Gasteiger partial charge in [0.1, 0.15) is 18.2 Å². The number of rotatable bonds is 7. The second-order valence-electron chi connectivity index (χ2n) is 7.40.